The van der Waals surface area contributed by atoms with Crippen LogP contribution in [0, 0.1) is 0 Å². The van der Waals surface area contributed by atoms with Crippen molar-refractivity contribution in [3.63, 3.8) is 0 Å². The van der Waals surface area contributed by atoms with Gasteiger partial charge in [0.1, 0.15) is 12.2 Å². The highest BCUT2D eigenvalue weighted by atomic mass is 35.5. The normalized spacial score (nSPS) is 11.5. The minimum atomic E-state index is -0.397. The number of rotatable bonds is 7. The van der Waals surface area contributed by atoms with Crippen molar-refractivity contribution < 1.29 is 13.6 Å². The minimum Gasteiger partial charge on any atom is -0.488 e. The summed E-state index contributed by atoms with van der Waals surface area (Å²) in [5.74, 6) is 0.175. The fourth-order valence-corrected chi connectivity index (χ4v) is 3.24. The van der Waals surface area contributed by atoms with Crippen LogP contribution < -0.4 is 15.8 Å². The Balaban J connectivity index is 1.29. The number of para-hydroxylation sites is 1. The number of benzene rings is 2. The molecule has 0 spiro atoms. The van der Waals surface area contributed by atoms with Gasteiger partial charge in [-0.1, -0.05) is 17.7 Å². The highest BCUT2D eigenvalue weighted by Gasteiger charge is 2.11. The van der Waals surface area contributed by atoms with Crippen LogP contribution in [0.25, 0.3) is 22.1 Å². The van der Waals surface area contributed by atoms with Crippen molar-refractivity contribution >= 4 is 33.7 Å². The molecule has 0 aliphatic heterocycles. The molecule has 0 fully saturated rings. The van der Waals surface area contributed by atoms with Gasteiger partial charge in [-0.3, -0.25) is 4.57 Å². The number of hydrogen-bond donors (Lipinski definition) is 1. The van der Waals surface area contributed by atoms with Gasteiger partial charge in [-0.25, -0.2) is 4.79 Å². The number of aromatic nitrogens is 1. The Bertz CT molecular complexity index is 1140. The highest BCUT2D eigenvalue weighted by molar-refractivity contribution is 6.31. The van der Waals surface area contributed by atoms with Gasteiger partial charge in [-0.05, 0) is 48.9 Å². The maximum absolute atomic E-state index is 11.6. The van der Waals surface area contributed by atoms with Crippen molar-refractivity contribution in [2.45, 2.75) is 6.42 Å². The van der Waals surface area contributed by atoms with Gasteiger partial charge in [0.05, 0.1) is 11.8 Å². The molecule has 27 heavy (non-hydrogen) atoms. The summed E-state index contributed by atoms with van der Waals surface area (Å²) in [6.07, 6.45) is 2.60. The zero-order valence-corrected chi connectivity index (χ0v) is 15.6. The van der Waals surface area contributed by atoms with E-state index in [0.717, 1.165) is 35.0 Å². The average molecular weight is 387 g/mol. The molecule has 0 unspecified atom stereocenters. The van der Waals surface area contributed by atoms with Crippen LogP contribution in [0.1, 0.15) is 5.56 Å². The molecule has 0 aliphatic rings. The van der Waals surface area contributed by atoms with Crippen LogP contribution in [-0.2, 0) is 13.5 Å². The first-order valence-electron chi connectivity index (χ1n) is 8.71. The van der Waals surface area contributed by atoms with E-state index in [1.165, 1.54) is 4.57 Å². The Labute approximate surface area is 160 Å². The number of nitrogens with one attached hydrogen (secondary N) is 1. The van der Waals surface area contributed by atoms with Crippen molar-refractivity contribution in [2.24, 2.45) is 7.05 Å². The van der Waals surface area contributed by atoms with Gasteiger partial charge >= 0.3 is 5.76 Å². The van der Waals surface area contributed by atoms with Crippen LogP contribution in [0.3, 0.4) is 0 Å². The Hall–Kier alpha value is -2.70. The van der Waals surface area contributed by atoms with E-state index in [1.807, 2.05) is 30.3 Å². The summed E-state index contributed by atoms with van der Waals surface area (Å²) in [5, 5.41) is 5.09. The summed E-state index contributed by atoms with van der Waals surface area (Å²) in [6.45, 7) is 1.93. The van der Waals surface area contributed by atoms with Crippen LogP contribution >= 0.6 is 11.6 Å². The fraction of sp³-hybridized carbons (Fsp3) is 0.250. The molecule has 0 saturated carbocycles. The number of ether oxygens (including phenoxy) is 1. The number of oxazole rings is 1. The fourth-order valence-electron chi connectivity index (χ4n) is 3.07. The predicted octanol–water partition coefficient (Wildman–Crippen LogP) is 3.74. The molecule has 0 bridgehead atoms. The number of nitrogens with zero attached hydrogens (tertiary/aromatic N) is 1. The second kappa shape index (κ2) is 7.50. The van der Waals surface area contributed by atoms with Crippen LogP contribution in [-0.4, -0.2) is 24.3 Å². The molecular weight excluding hydrogens is 368 g/mol. The molecule has 0 aliphatic carbocycles. The monoisotopic (exact) mass is 386 g/mol. The predicted molar refractivity (Wildman–Crippen MR) is 105 cm³/mol. The molecule has 140 valence electrons. The number of furan rings is 1. The summed E-state index contributed by atoms with van der Waals surface area (Å²) >= 11 is 6.06. The van der Waals surface area contributed by atoms with Gasteiger partial charge in [0.25, 0.3) is 0 Å². The molecule has 2 heterocycles. The molecule has 2 aromatic heterocycles. The lowest BCUT2D eigenvalue weighted by Gasteiger charge is -2.07. The van der Waals surface area contributed by atoms with E-state index in [-0.39, 0.29) is 0 Å². The Morgan fingerprint density at radius 2 is 2.11 bits per heavy atom. The number of aryl methyl sites for hydroxylation is 1. The van der Waals surface area contributed by atoms with Crippen LogP contribution in [0.2, 0.25) is 5.02 Å². The molecule has 7 heteroatoms. The Morgan fingerprint density at radius 1 is 1.22 bits per heavy atom. The Kier molecular flexibility index (Phi) is 4.92. The van der Waals surface area contributed by atoms with Crippen molar-refractivity contribution in [3.8, 4) is 5.75 Å². The van der Waals surface area contributed by atoms with Crippen LogP contribution in [0.4, 0.5) is 0 Å². The maximum Gasteiger partial charge on any atom is 0.419 e. The second-order valence-corrected chi connectivity index (χ2v) is 6.72. The van der Waals surface area contributed by atoms with Crippen LogP contribution in [0.5, 0.6) is 5.75 Å². The van der Waals surface area contributed by atoms with E-state index < -0.39 is 5.76 Å². The summed E-state index contributed by atoms with van der Waals surface area (Å²) in [4.78, 5) is 11.6. The number of hydrogen-bond acceptors (Lipinski definition) is 5. The SMILES string of the molecule is Cn1c(=O)oc2c(OCCNCCc3coc4ccc(Cl)cc34)cccc21. The minimum absolute atomic E-state index is 0.397. The largest absolute Gasteiger partial charge is 0.488 e. The summed E-state index contributed by atoms with van der Waals surface area (Å²) in [5.41, 5.74) is 3.16. The smallest absolute Gasteiger partial charge is 0.419 e. The van der Waals surface area contributed by atoms with Crippen molar-refractivity contribution in [1.29, 1.82) is 0 Å². The van der Waals surface area contributed by atoms with E-state index in [2.05, 4.69) is 5.32 Å². The molecule has 0 atom stereocenters. The van der Waals surface area contributed by atoms with Crippen molar-refractivity contribution in [1.82, 2.24) is 9.88 Å². The lowest BCUT2D eigenvalue weighted by atomic mass is 10.1. The lowest BCUT2D eigenvalue weighted by Crippen LogP contribution is -2.23. The molecule has 2 aromatic carbocycles. The van der Waals surface area contributed by atoms with E-state index in [0.29, 0.717) is 29.5 Å². The Morgan fingerprint density at radius 3 is 3.00 bits per heavy atom. The van der Waals surface area contributed by atoms with Gasteiger partial charge < -0.3 is 18.9 Å². The molecule has 6 nitrogen and oxygen atoms in total. The summed E-state index contributed by atoms with van der Waals surface area (Å²) in [7, 11) is 1.67. The topological polar surface area (TPSA) is 69.5 Å². The molecule has 4 aromatic rings. The third kappa shape index (κ3) is 3.59. The molecule has 1 N–H and O–H groups in total. The molecule has 0 radical (unpaired) electrons. The number of halogens is 1. The zero-order chi connectivity index (χ0) is 18.8. The maximum atomic E-state index is 11.6. The zero-order valence-electron chi connectivity index (χ0n) is 14.8. The summed E-state index contributed by atoms with van der Waals surface area (Å²) in [6, 6.07) is 11.1. The first-order chi connectivity index (χ1) is 13.1. The summed E-state index contributed by atoms with van der Waals surface area (Å²) < 4.78 is 18.0. The van der Waals surface area contributed by atoms with Crippen molar-refractivity contribution in [3.05, 3.63) is 63.8 Å². The standard InChI is InChI=1S/C20H19ClN2O4/c1-23-16-3-2-4-18(19(16)27-20(23)24)25-10-9-22-8-7-13-12-26-17-6-5-14(21)11-15(13)17/h2-6,11-12,22H,7-10H2,1H3. The van der Waals surface area contributed by atoms with E-state index in [1.54, 1.807) is 19.4 Å². The number of fused-ring (bicyclic) bond motifs is 2. The van der Waals surface area contributed by atoms with Gasteiger partial charge in [-0.2, -0.15) is 0 Å². The molecule has 4 rings (SSSR count). The first kappa shape index (κ1) is 17.7. The van der Waals surface area contributed by atoms with E-state index in [9.17, 15) is 4.79 Å². The van der Waals surface area contributed by atoms with Gasteiger partial charge in [0.15, 0.2) is 11.3 Å². The third-order valence-electron chi connectivity index (χ3n) is 4.51. The first-order valence-corrected chi connectivity index (χ1v) is 9.09. The molecule has 0 amide bonds. The lowest BCUT2D eigenvalue weighted by molar-refractivity contribution is 0.312. The van der Waals surface area contributed by atoms with E-state index in [4.69, 9.17) is 25.2 Å². The van der Waals surface area contributed by atoms with Crippen LogP contribution in [0.15, 0.2) is 56.3 Å². The van der Waals surface area contributed by atoms with Gasteiger partial charge in [-0.15, -0.1) is 0 Å². The third-order valence-corrected chi connectivity index (χ3v) is 4.74. The highest BCUT2D eigenvalue weighted by Crippen LogP contribution is 2.25. The average Bonchev–Trinajstić information content (AvgIpc) is 3.19. The quantitative estimate of drug-likeness (QED) is 0.490. The van der Waals surface area contributed by atoms with Crippen molar-refractivity contribution in [2.75, 3.05) is 19.7 Å². The second-order valence-electron chi connectivity index (χ2n) is 6.28. The molecular formula is C20H19ClN2O4. The van der Waals surface area contributed by atoms with Gasteiger partial charge in [0.2, 0.25) is 0 Å². The molecule has 0 saturated heterocycles. The van der Waals surface area contributed by atoms with Gasteiger partial charge in [0, 0.05) is 24.0 Å². The van der Waals surface area contributed by atoms with E-state index >= 15 is 0 Å².